The van der Waals surface area contributed by atoms with E-state index in [-0.39, 0.29) is 36.8 Å². The summed E-state index contributed by atoms with van der Waals surface area (Å²) < 4.78 is 14.6. The molecule has 3 aliphatic heterocycles. The van der Waals surface area contributed by atoms with Crippen LogP contribution in [0.2, 0.25) is 0 Å². The lowest BCUT2D eigenvalue weighted by atomic mass is 10.0. The lowest BCUT2D eigenvalue weighted by Gasteiger charge is -2.37. The smallest absolute Gasteiger partial charge is 0.255 e. The summed E-state index contributed by atoms with van der Waals surface area (Å²) in [5.41, 5.74) is 2.79. The minimum atomic E-state index is -0.768. The fourth-order valence-corrected chi connectivity index (χ4v) is 5.34. The Morgan fingerprint density at radius 3 is 2.65 bits per heavy atom. The van der Waals surface area contributed by atoms with E-state index >= 15 is 0 Å². The van der Waals surface area contributed by atoms with Crippen LogP contribution in [0.4, 0.5) is 10.1 Å². The van der Waals surface area contributed by atoms with E-state index in [0.29, 0.717) is 43.0 Å². The molecule has 1 N–H and O–H groups in total. The van der Waals surface area contributed by atoms with E-state index in [9.17, 15) is 23.6 Å². The maximum atomic E-state index is 14.6. The summed E-state index contributed by atoms with van der Waals surface area (Å²) in [6.07, 6.45) is 3.52. The van der Waals surface area contributed by atoms with Crippen LogP contribution in [-0.4, -0.2) is 75.6 Å². The number of nitrogens with one attached hydrogen (secondary N) is 1. The Morgan fingerprint density at radius 1 is 1.05 bits per heavy atom. The van der Waals surface area contributed by atoms with Gasteiger partial charge in [0.25, 0.3) is 11.8 Å². The molecule has 4 heterocycles. The molecule has 0 spiro atoms. The van der Waals surface area contributed by atoms with Crippen molar-refractivity contribution in [3.8, 4) is 0 Å². The number of halogens is 1. The SMILES string of the molecule is O=C1CCC(N2Cc3c(cc(F)cc3N3CCN(C(=O)c4ccc5ncncc5c4)CC3)C2=O)C(=O)N1. The maximum Gasteiger partial charge on any atom is 0.255 e. The summed E-state index contributed by atoms with van der Waals surface area (Å²) in [6.45, 7) is 1.95. The molecule has 37 heavy (non-hydrogen) atoms. The molecule has 2 saturated heterocycles. The second kappa shape index (κ2) is 8.91. The van der Waals surface area contributed by atoms with Crippen molar-refractivity contribution < 1.29 is 23.6 Å². The van der Waals surface area contributed by atoms with Gasteiger partial charge in [-0.1, -0.05) is 0 Å². The number of piperidine rings is 1. The fraction of sp³-hybridized carbons (Fsp3) is 0.308. The van der Waals surface area contributed by atoms with Crippen LogP contribution < -0.4 is 10.2 Å². The van der Waals surface area contributed by atoms with Crippen molar-refractivity contribution in [2.24, 2.45) is 0 Å². The first-order chi connectivity index (χ1) is 17.9. The minimum absolute atomic E-state index is 0.103. The first-order valence-electron chi connectivity index (χ1n) is 12.1. The van der Waals surface area contributed by atoms with E-state index in [1.165, 1.54) is 23.4 Å². The molecule has 10 nitrogen and oxygen atoms in total. The Morgan fingerprint density at radius 2 is 1.86 bits per heavy atom. The second-order valence-corrected chi connectivity index (χ2v) is 9.43. The van der Waals surface area contributed by atoms with Gasteiger partial charge in [-0.2, -0.15) is 0 Å². The predicted octanol–water partition coefficient (Wildman–Crippen LogP) is 1.49. The van der Waals surface area contributed by atoms with Gasteiger partial charge in [-0.15, -0.1) is 0 Å². The summed E-state index contributed by atoms with van der Waals surface area (Å²) in [7, 11) is 0. The predicted molar refractivity (Wildman–Crippen MR) is 130 cm³/mol. The van der Waals surface area contributed by atoms with Crippen molar-refractivity contribution in [2.75, 3.05) is 31.1 Å². The van der Waals surface area contributed by atoms with Crippen LogP contribution in [0.25, 0.3) is 10.9 Å². The van der Waals surface area contributed by atoms with Gasteiger partial charge in [0.15, 0.2) is 0 Å². The third kappa shape index (κ3) is 4.05. The molecule has 6 rings (SSSR count). The number of carbonyl (C=O) groups is 4. The van der Waals surface area contributed by atoms with Crippen LogP contribution in [0, 0.1) is 5.82 Å². The van der Waals surface area contributed by atoms with E-state index in [2.05, 4.69) is 15.3 Å². The van der Waals surface area contributed by atoms with E-state index in [0.717, 1.165) is 10.9 Å². The summed E-state index contributed by atoms with van der Waals surface area (Å²) in [4.78, 5) is 63.5. The molecule has 2 fully saturated rings. The Bertz CT molecular complexity index is 1470. The number of benzene rings is 2. The molecule has 2 aromatic carbocycles. The van der Waals surface area contributed by atoms with Crippen molar-refractivity contribution >= 4 is 40.2 Å². The number of anilines is 1. The number of aromatic nitrogens is 2. The van der Waals surface area contributed by atoms with Crippen LogP contribution in [-0.2, 0) is 16.1 Å². The number of rotatable bonds is 3. The third-order valence-electron chi connectivity index (χ3n) is 7.26. The normalized spacial score (nSPS) is 19.9. The van der Waals surface area contributed by atoms with E-state index in [1.54, 1.807) is 29.3 Å². The van der Waals surface area contributed by atoms with Crippen molar-refractivity contribution in [3.05, 3.63) is 65.4 Å². The molecular weight excluding hydrogens is 479 g/mol. The number of hydrogen-bond donors (Lipinski definition) is 1. The van der Waals surface area contributed by atoms with Crippen LogP contribution in [0.1, 0.15) is 39.1 Å². The number of piperazine rings is 1. The van der Waals surface area contributed by atoms with Crippen molar-refractivity contribution in [3.63, 3.8) is 0 Å². The van der Waals surface area contributed by atoms with Gasteiger partial charge in [-0.3, -0.25) is 24.5 Å². The highest BCUT2D eigenvalue weighted by Gasteiger charge is 2.41. The Labute approximate surface area is 211 Å². The number of fused-ring (bicyclic) bond motifs is 2. The Hall–Kier alpha value is -4.41. The van der Waals surface area contributed by atoms with Crippen molar-refractivity contribution in [1.82, 2.24) is 25.1 Å². The zero-order valence-corrected chi connectivity index (χ0v) is 19.8. The number of carbonyl (C=O) groups excluding carboxylic acids is 4. The fourth-order valence-electron chi connectivity index (χ4n) is 5.34. The highest BCUT2D eigenvalue weighted by molar-refractivity contribution is 6.06. The van der Waals surface area contributed by atoms with Gasteiger partial charge in [0.05, 0.1) is 5.52 Å². The molecule has 0 radical (unpaired) electrons. The van der Waals surface area contributed by atoms with Gasteiger partial charge < -0.3 is 14.7 Å². The molecule has 1 aromatic heterocycles. The van der Waals surface area contributed by atoms with Gasteiger partial charge >= 0.3 is 0 Å². The zero-order chi connectivity index (χ0) is 25.7. The van der Waals surface area contributed by atoms with E-state index in [1.807, 2.05) is 4.90 Å². The van der Waals surface area contributed by atoms with Crippen LogP contribution in [0.5, 0.6) is 0 Å². The third-order valence-corrected chi connectivity index (χ3v) is 7.26. The topological polar surface area (TPSA) is 116 Å². The minimum Gasteiger partial charge on any atom is -0.368 e. The molecule has 188 valence electrons. The van der Waals surface area contributed by atoms with E-state index in [4.69, 9.17) is 0 Å². The van der Waals surface area contributed by atoms with E-state index < -0.39 is 23.7 Å². The molecule has 0 bridgehead atoms. The number of imide groups is 1. The summed E-state index contributed by atoms with van der Waals surface area (Å²) in [5, 5.41) is 3.07. The summed E-state index contributed by atoms with van der Waals surface area (Å²) in [6, 6.07) is 7.16. The maximum absolute atomic E-state index is 14.6. The molecule has 0 aliphatic carbocycles. The number of nitrogens with zero attached hydrogens (tertiary/aromatic N) is 5. The lowest BCUT2D eigenvalue weighted by molar-refractivity contribution is -0.136. The molecule has 3 aromatic rings. The first-order valence-corrected chi connectivity index (χ1v) is 12.1. The molecule has 1 unspecified atom stereocenters. The molecule has 11 heteroatoms. The molecule has 4 amide bonds. The Balaban J connectivity index is 1.19. The average molecular weight is 503 g/mol. The average Bonchev–Trinajstić information content (AvgIpc) is 3.23. The largest absolute Gasteiger partial charge is 0.368 e. The molecule has 3 aliphatic rings. The second-order valence-electron chi connectivity index (χ2n) is 9.43. The molecular formula is C26H23FN6O4. The zero-order valence-electron chi connectivity index (χ0n) is 19.8. The molecule has 1 atom stereocenters. The van der Waals surface area contributed by atoms with Crippen molar-refractivity contribution in [2.45, 2.75) is 25.4 Å². The van der Waals surface area contributed by atoms with Crippen LogP contribution >= 0.6 is 0 Å². The highest BCUT2D eigenvalue weighted by Crippen LogP contribution is 2.35. The van der Waals surface area contributed by atoms with Gasteiger partial charge in [-0.25, -0.2) is 14.4 Å². The Kier molecular flexibility index (Phi) is 5.54. The number of hydrogen-bond acceptors (Lipinski definition) is 7. The number of amides is 4. The van der Waals surface area contributed by atoms with Gasteiger partial charge in [0.1, 0.15) is 18.2 Å². The summed E-state index contributed by atoms with van der Waals surface area (Å²) >= 11 is 0. The van der Waals surface area contributed by atoms with Gasteiger partial charge in [-0.05, 0) is 36.8 Å². The first kappa shape index (κ1) is 23.0. The summed E-state index contributed by atoms with van der Waals surface area (Å²) in [5.74, 6) is -1.93. The lowest BCUT2D eigenvalue weighted by Crippen LogP contribution is -2.52. The standard InChI is InChI=1S/C26H23FN6O4/c27-17-10-18-19(13-33(26(18)37)21-3-4-23(34)30-24(21)35)22(11-17)31-5-7-32(8-6-31)25(36)15-1-2-20-16(9-15)12-28-14-29-20/h1-2,9-12,14,21H,3-8,13H2,(H,30,34,35). The van der Waals surface area contributed by atoms with Gasteiger partial charge in [0, 0.05) is 73.1 Å². The van der Waals surface area contributed by atoms with Crippen LogP contribution in [0.15, 0.2) is 42.9 Å². The monoisotopic (exact) mass is 502 g/mol. The highest BCUT2D eigenvalue weighted by atomic mass is 19.1. The quantitative estimate of drug-likeness (QED) is 0.540. The van der Waals surface area contributed by atoms with Crippen LogP contribution in [0.3, 0.4) is 0 Å². The van der Waals surface area contributed by atoms with Crippen molar-refractivity contribution in [1.29, 1.82) is 0 Å². The molecule has 0 saturated carbocycles. The van der Waals surface area contributed by atoms with Gasteiger partial charge in [0.2, 0.25) is 11.8 Å².